The molecule has 2 N–H and O–H groups in total. The van der Waals surface area contributed by atoms with Gasteiger partial charge in [0, 0.05) is 23.3 Å². The van der Waals surface area contributed by atoms with Crippen LogP contribution in [0.4, 0.5) is 0 Å². The number of amides is 1. The molecule has 0 aliphatic heterocycles. The molecule has 1 amide bonds. The van der Waals surface area contributed by atoms with E-state index in [2.05, 4.69) is 30.5 Å². The highest BCUT2D eigenvalue weighted by Crippen LogP contribution is 2.19. The van der Waals surface area contributed by atoms with E-state index in [1.165, 1.54) is 15.3 Å². The van der Waals surface area contributed by atoms with Gasteiger partial charge in [0.25, 0.3) is 0 Å². The summed E-state index contributed by atoms with van der Waals surface area (Å²) in [6.45, 7) is 5.35. The van der Waals surface area contributed by atoms with Crippen LogP contribution in [0.3, 0.4) is 0 Å². The minimum atomic E-state index is 0.0228. The van der Waals surface area contributed by atoms with Crippen LogP contribution in [0.5, 0.6) is 0 Å². The Kier molecular flexibility index (Phi) is 4.10. The van der Waals surface area contributed by atoms with E-state index in [9.17, 15) is 4.79 Å². The van der Waals surface area contributed by atoms with Crippen molar-refractivity contribution in [1.82, 2.24) is 10.6 Å². The van der Waals surface area contributed by atoms with E-state index in [4.69, 9.17) is 0 Å². The van der Waals surface area contributed by atoms with Crippen LogP contribution in [0, 0.1) is 13.8 Å². The molecule has 0 saturated carbocycles. The van der Waals surface area contributed by atoms with E-state index in [1.54, 1.807) is 18.4 Å². The third-order valence-electron chi connectivity index (χ3n) is 2.02. The standard InChI is InChI=1S/C10H16N2OS/c1-7-4-9(8(2)14-7)5-12-6-10(13)11-3/h4,12H,5-6H2,1-3H3,(H,11,13). The zero-order valence-corrected chi connectivity index (χ0v) is 9.62. The van der Waals surface area contributed by atoms with Gasteiger partial charge in [-0.3, -0.25) is 4.79 Å². The van der Waals surface area contributed by atoms with Crippen molar-refractivity contribution in [2.75, 3.05) is 13.6 Å². The largest absolute Gasteiger partial charge is 0.358 e. The van der Waals surface area contributed by atoms with Gasteiger partial charge in [-0.15, -0.1) is 11.3 Å². The van der Waals surface area contributed by atoms with Crippen LogP contribution in [-0.2, 0) is 11.3 Å². The van der Waals surface area contributed by atoms with Crippen molar-refractivity contribution in [3.8, 4) is 0 Å². The van der Waals surface area contributed by atoms with Gasteiger partial charge >= 0.3 is 0 Å². The molecule has 0 aromatic carbocycles. The number of carbonyl (C=O) groups is 1. The smallest absolute Gasteiger partial charge is 0.233 e. The number of rotatable bonds is 4. The van der Waals surface area contributed by atoms with Gasteiger partial charge in [-0.2, -0.15) is 0 Å². The Morgan fingerprint density at radius 2 is 2.21 bits per heavy atom. The minimum absolute atomic E-state index is 0.0228. The number of aryl methyl sites for hydroxylation is 2. The van der Waals surface area contributed by atoms with Gasteiger partial charge < -0.3 is 10.6 Å². The topological polar surface area (TPSA) is 41.1 Å². The minimum Gasteiger partial charge on any atom is -0.358 e. The Balaban J connectivity index is 2.38. The Bertz CT molecular complexity index is 320. The van der Waals surface area contributed by atoms with Crippen LogP contribution in [0.25, 0.3) is 0 Å². The first-order chi connectivity index (χ1) is 6.63. The predicted octanol–water partition coefficient (Wildman–Crippen LogP) is 1.20. The number of thiophene rings is 1. The molecule has 1 aromatic rings. The third kappa shape index (κ3) is 3.12. The summed E-state index contributed by atoms with van der Waals surface area (Å²) in [4.78, 5) is 13.6. The fourth-order valence-corrected chi connectivity index (χ4v) is 2.20. The molecule has 78 valence electrons. The Hall–Kier alpha value is -0.870. The SMILES string of the molecule is CNC(=O)CNCc1cc(C)sc1C. The Morgan fingerprint density at radius 3 is 2.71 bits per heavy atom. The molecule has 1 rings (SSSR count). The first kappa shape index (κ1) is 11.2. The second-order valence-electron chi connectivity index (χ2n) is 3.22. The molecule has 0 bridgehead atoms. The number of nitrogens with one attached hydrogen (secondary N) is 2. The van der Waals surface area contributed by atoms with Crippen LogP contribution in [0.15, 0.2) is 6.07 Å². The molecule has 0 aliphatic carbocycles. The number of carbonyl (C=O) groups excluding carboxylic acids is 1. The Labute approximate surface area is 88.5 Å². The average Bonchev–Trinajstić information content (AvgIpc) is 2.45. The molecule has 14 heavy (non-hydrogen) atoms. The third-order valence-corrected chi connectivity index (χ3v) is 3.03. The maximum atomic E-state index is 10.9. The zero-order valence-electron chi connectivity index (χ0n) is 8.81. The fraction of sp³-hybridized carbons (Fsp3) is 0.500. The van der Waals surface area contributed by atoms with Crippen molar-refractivity contribution >= 4 is 17.2 Å². The summed E-state index contributed by atoms with van der Waals surface area (Å²) in [6.07, 6.45) is 0. The summed E-state index contributed by atoms with van der Waals surface area (Å²) in [5.41, 5.74) is 1.29. The predicted molar refractivity (Wildman–Crippen MR) is 59.6 cm³/mol. The molecule has 1 aromatic heterocycles. The van der Waals surface area contributed by atoms with Crippen molar-refractivity contribution in [1.29, 1.82) is 0 Å². The first-order valence-electron chi connectivity index (χ1n) is 4.60. The van der Waals surface area contributed by atoms with E-state index in [1.807, 2.05) is 0 Å². The van der Waals surface area contributed by atoms with E-state index >= 15 is 0 Å². The summed E-state index contributed by atoms with van der Waals surface area (Å²) >= 11 is 1.79. The van der Waals surface area contributed by atoms with Crippen LogP contribution < -0.4 is 10.6 Å². The molecule has 0 aliphatic rings. The molecule has 3 nitrogen and oxygen atoms in total. The maximum absolute atomic E-state index is 10.9. The average molecular weight is 212 g/mol. The number of hydrogen-bond acceptors (Lipinski definition) is 3. The molecule has 0 radical (unpaired) electrons. The van der Waals surface area contributed by atoms with Gasteiger partial charge in [0.1, 0.15) is 0 Å². The lowest BCUT2D eigenvalue weighted by molar-refractivity contribution is -0.119. The molecule has 0 spiro atoms. The van der Waals surface area contributed by atoms with E-state index < -0.39 is 0 Å². The normalized spacial score (nSPS) is 10.2. The van der Waals surface area contributed by atoms with Gasteiger partial charge in [-0.1, -0.05) is 0 Å². The van der Waals surface area contributed by atoms with Gasteiger partial charge in [0.2, 0.25) is 5.91 Å². The number of hydrogen-bond donors (Lipinski definition) is 2. The van der Waals surface area contributed by atoms with Crippen molar-refractivity contribution in [2.45, 2.75) is 20.4 Å². The first-order valence-corrected chi connectivity index (χ1v) is 5.42. The second kappa shape index (κ2) is 5.12. The lowest BCUT2D eigenvalue weighted by Crippen LogP contribution is -2.30. The summed E-state index contributed by atoms with van der Waals surface area (Å²) in [5.74, 6) is 0.0228. The van der Waals surface area contributed by atoms with Crippen molar-refractivity contribution in [3.05, 3.63) is 21.4 Å². The quantitative estimate of drug-likeness (QED) is 0.787. The summed E-state index contributed by atoms with van der Waals surface area (Å²) in [5, 5.41) is 5.67. The monoisotopic (exact) mass is 212 g/mol. The van der Waals surface area contributed by atoms with Gasteiger partial charge in [0.15, 0.2) is 0 Å². The molecule has 0 fully saturated rings. The summed E-state index contributed by atoms with van der Waals surface area (Å²) in [6, 6.07) is 2.16. The zero-order chi connectivity index (χ0) is 10.6. The maximum Gasteiger partial charge on any atom is 0.233 e. The highest BCUT2D eigenvalue weighted by molar-refractivity contribution is 7.12. The van der Waals surface area contributed by atoms with E-state index in [-0.39, 0.29) is 5.91 Å². The molecule has 0 saturated heterocycles. The van der Waals surface area contributed by atoms with Crippen molar-refractivity contribution in [3.63, 3.8) is 0 Å². The van der Waals surface area contributed by atoms with E-state index in [0.717, 1.165) is 6.54 Å². The van der Waals surface area contributed by atoms with Crippen LogP contribution in [0.1, 0.15) is 15.3 Å². The molecule has 0 atom stereocenters. The fourth-order valence-electron chi connectivity index (χ4n) is 1.26. The Morgan fingerprint density at radius 1 is 1.50 bits per heavy atom. The summed E-state index contributed by atoms with van der Waals surface area (Å²) in [7, 11) is 1.64. The summed E-state index contributed by atoms with van der Waals surface area (Å²) < 4.78 is 0. The molecule has 1 heterocycles. The van der Waals surface area contributed by atoms with Crippen LogP contribution in [0.2, 0.25) is 0 Å². The number of likely N-dealkylation sites (N-methyl/N-ethyl adjacent to an activating group) is 1. The van der Waals surface area contributed by atoms with Crippen LogP contribution >= 0.6 is 11.3 Å². The molecular formula is C10H16N2OS. The van der Waals surface area contributed by atoms with Gasteiger partial charge in [-0.25, -0.2) is 0 Å². The molecule has 0 unspecified atom stereocenters. The van der Waals surface area contributed by atoms with Crippen molar-refractivity contribution in [2.24, 2.45) is 0 Å². The van der Waals surface area contributed by atoms with E-state index in [0.29, 0.717) is 6.54 Å². The highest BCUT2D eigenvalue weighted by Gasteiger charge is 2.03. The van der Waals surface area contributed by atoms with Gasteiger partial charge in [-0.05, 0) is 25.5 Å². The second-order valence-corrected chi connectivity index (χ2v) is 4.68. The molecular weight excluding hydrogens is 196 g/mol. The van der Waals surface area contributed by atoms with Crippen LogP contribution in [-0.4, -0.2) is 19.5 Å². The molecule has 4 heteroatoms. The van der Waals surface area contributed by atoms with Gasteiger partial charge in [0.05, 0.1) is 6.54 Å². The lowest BCUT2D eigenvalue weighted by Gasteiger charge is -2.02. The highest BCUT2D eigenvalue weighted by atomic mass is 32.1. The lowest BCUT2D eigenvalue weighted by atomic mass is 10.2. The van der Waals surface area contributed by atoms with Crippen molar-refractivity contribution < 1.29 is 4.79 Å².